The van der Waals surface area contributed by atoms with Crippen LogP contribution in [0.1, 0.15) is 117 Å². The van der Waals surface area contributed by atoms with Gasteiger partial charge in [-0.05, 0) is 63.7 Å². The van der Waals surface area contributed by atoms with Crippen LogP contribution in [-0.2, 0) is 42.9 Å². The first-order valence-electron chi connectivity index (χ1n) is 17.4. The zero-order valence-electron chi connectivity index (χ0n) is 27.8. The number of nitrogens with one attached hydrogen (secondary N) is 1. The molecule has 0 aromatic carbocycles. The van der Waals surface area contributed by atoms with Crippen molar-refractivity contribution in [2.75, 3.05) is 26.9 Å². The number of ether oxygens (including phenoxy) is 5. The molecule has 1 saturated carbocycles. The molecule has 0 spiro atoms. The van der Waals surface area contributed by atoms with Gasteiger partial charge >= 0.3 is 5.97 Å². The normalized spacial score (nSPS) is 26.9. The summed E-state index contributed by atoms with van der Waals surface area (Å²) in [6.07, 6.45) is 15.3. The number of hydrogen-bond donors (Lipinski definition) is 1. The smallest absolute Gasteiger partial charge is 0.325 e. The van der Waals surface area contributed by atoms with E-state index in [9.17, 15) is 19.2 Å². The number of Topliss-reactive ketones (excluding diaryl/α,β-unsaturated/α-hetero) is 2. The molecule has 45 heavy (non-hydrogen) atoms. The number of rotatable bonds is 20. The van der Waals surface area contributed by atoms with Crippen molar-refractivity contribution < 1.29 is 42.9 Å². The molecule has 0 aromatic heterocycles. The second-order valence-electron chi connectivity index (χ2n) is 13.0. The summed E-state index contributed by atoms with van der Waals surface area (Å²) < 4.78 is 29.1. The van der Waals surface area contributed by atoms with Crippen LogP contribution >= 0.6 is 0 Å². The fourth-order valence-electron chi connectivity index (χ4n) is 6.42. The Morgan fingerprint density at radius 2 is 1.71 bits per heavy atom. The fourth-order valence-corrected chi connectivity index (χ4v) is 6.42. The Labute approximate surface area is 269 Å². The van der Waals surface area contributed by atoms with E-state index in [1.165, 1.54) is 13.5 Å². The lowest BCUT2D eigenvalue weighted by molar-refractivity contribution is -0.192. The first-order valence-corrected chi connectivity index (χ1v) is 17.4. The molecule has 1 amide bonds. The van der Waals surface area contributed by atoms with Crippen molar-refractivity contribution >= 4 is 23.4 Å². The van der Waals surface area contributed by atoms with Crippen molar-refractivity contribution in [3.05, 3.63) is 12.2 Å². The molecule has 3 rings (SSSR count). The van der Waals surface area contributed by atoms with Crippen molar-refractivity contribution in [1.29, 1.82) is 0 Å². The van der Waals surface area contributed by atoms with Gasteiger partial charge in [-0.3, -0.25) is 19.2 Å². The molecule has 10 nitrogen and oxygen atoms in total. The van der Waals surface area contributed by atoms with E-state index < -0.39 is 11.9 Å². The van der Waals surface area contributed by atoms with Crippen LogP contribution in [0.15, 0.2) is 12.2 Å². The van der Waals surface area contributed by atoms with Crippen molar-refractivity contribution in [2.45, 2.75) is 141 Å². The Kier molecular flexibility index (Phi) is 17.3. The Balaban J connectivity index is 1.64. The molecule has 0 radical (unpaired) electrons. The third-order valence-corrected chi connectivity index (χ3v) is 9.09. The van der Waals surface area contributed by atoms with Crippen LogP contribution in [-0.4, -0.2) is 75.1 Å². The second-order valence-corrected chi connectivity index (χ2v) is 13.0. The minimum Gasteiger partial charge on any atom is -0.468 e. The minimum absolute atomic E-state index is 0.00730. The molecule has 10 heteroatoms. The van der Waals surface area contributed by atoms with Gasteiger partial charge < -0.3 is 29.0 Å². The summed E-state index contributed by atoms with van der Waals surface area (Å²) in [5.41, 5.74) is 0. The summed E-state index contributed by atoms with van der Waals surface area (Å²) in [6.45, 7) is 5.66. The summed E-state index contributed by atoms with van der Waals surface area (Å²) in [5.74, 6) is -0.940. The molecule has 0 aromatic rings. The molecule has 1 aliphatic carbocycles. The number of carbonyl (C=O) groups is 4. The van der Waals surface area contributed by atoms with Crippen LogP contribution < -0.4 is 5.32 Å². The number of amides is 1. The predicted octanol–water partition coefficient (Wildman–Crippen LogP) is 5.60. The van der Waals surface area contributed by atoms with Crippen molar-refractivity contribution in [1.82, 2.24) is 5.32 Å². The average molecular weight is 636 g/mol. The maximum Gasteiger partial charge on any atom is 0.325 e. The van der Waals surface area contributed by atoms with Gasteiger partial charge in [-0.15, -0.1) is 0 Å². The molecule has 3 fully saturated rings. The Morgan fingerprint density at radius 1 is 1.00 bits per heavy atom. The van der Waals surface area contributed by atoms with Crippen LogP contribution in [0.3, 0.4) is 0 Å². The SMILES string of the molecule is CCCC[C@H](C)C[C@H](C=C[C@H]1[C@H](OC2CCCCO2)CC(=O)[C@@H]1CC(=O)CCCCC(=O)NCC(=O)OC)OC1CCCCO1. The van der Waals surface area contributed by atoms with E-state index in [1.54, 1.807) is 0 Å². The Morgan fingerprint density at radius 3 is 2.38 bits per heavy atom. The van der Waals surface area contributed by atoms with E-state index >= 15 is 0 Å². The van der Waals surface area contributed by atoms with Crippen molar-refractivity contribution in [3.63, 3.8) is 0 Å². The summed E-state index contributed by atoms with van der Waals surface area (Å²) in [6, 6.07) is 0. The number of methoxy groups -OCH3 is 1. The average Bonchev–Trinajstić information content (AvgIpc) is 3.33. The van der Waals surface area contributed by atoms with Crippen LogP contribution in [0, 0.1) is 17.8 Å². The summed E-state index contributed by atoms with van der Waals surface area (Å²) >= 11 is 0. The topological polar surface area (TPSA) is 126 Å². The van der Waals surface area contributed by atoms with Crippen LogP contribution in [0.2, 0.25) is 0 Å². The number of hydrogen-bond acceptors (Lipinski definition) is 9. The van der Waals surface area contributed by atoms with E-state index in [0.29, 0.717) is 38.4 Å². The van der Waals surface area contributed by atoms with Crippen LogP contribution in [0.5, 0.6) is 0 Å². The highest BCUT2D eigenvalue weighted by Gasteiger charge is 2.43. The molecule has 0 bridgehead atoms. The third-order valence-electron chi connectivity index (χ3n) is 9.09. The second kappa shape index (κ2) is 20.9. The standard InChI is InChI=1S/C35H57NO9/c1-4-5-12-25(2)21-27(44-34-15-8-10-19-42-34)17-18-28-29(30(38)23-31(28)45-35-16-9-11-20-43-35)22-26(37)13-6-7-14-32(39)36-24-33(40)41-3/h17-18,25,27-29,31,34-35H,4-16,19-24H2,1-3H3,(H,36,39)/t25-,27-,28+,29+,31+,34?,35?/m0/s1. The molecule has 2 aliphatic heterocycles. The molecule has 2 saturated heterocycles. The van der Waals surface area contributed by atoms with Gasteiger partial charge in [-0.2, -0.15) is 0 Å². The van der Waals surface area contributed by atoms with E-state index in [2.05, 4.69) is 36.1 Å². The number of ketones is 2. The molecule has 2 heterocycles. The lowest BCUT2D eigenvalue weighted by atomic mass is 9.87. The molecular formula is C35H57NO9. The summed E-state index contributed by atoms with van der Waals surface area (Å²) in [5, 5.41) is 2.51. The maximum absolute atomic E-state index is 13.4. The zero-order valence-corrected chi connectivity index (χ0v) is 27.8. The summed E-state index contributed by atoms with van der Waals surface area (Å²) in [4.78, 5) is 49.6. The third kappa shape index (κ3) is 14.0. The van der Waals surface area contributed by atoms with Crippen LogP contribution in [0.4, 0.5) is 0 Å². The molecule has 3 aliphatic rings. The van der Waals surface area contributed by atoms with Crippen molar-refractivity contribution in [3.8, 4) is 0 Å². The predicted molar refractivity (Wildman–Crippen MR) is 169 cm³/mol. The van der Waals surface area contributed by atoms with Gasteiger partial charge in [0.15, 0.2) is 12.6 Å². The highest BCUT2D eigenvalue weighted by Crippen LogP contribution is 2.37. The molecule has 256 valence electrons. The lowest BCUT2D eigenvalue weighted by Gasteiger charge is -2.30. The van der Waals surface area contributed by atoms with Gasteiger partial charge in [0, 0.05) is 50.7 Å². The van der Waals surface area contributed by atoms with Gasteiger partial charge in [0.05, 0.1) is 19.3 Å². The van der Waals surface area contributed by atoms with Gasteiger partial charge in [0.1, 0.15) is 18.1 Å². The first-order chi connectivity index (χ1) is 21.8. The minimum atomic E-state index is -0.507. The Bertz CT molecular complexity index is 941. The monoisotopic (exact) mass is 635 g/mol. The Hall–Kier alpha value is -2.14. The number of esters is 1. The van der Waals surface area contributed by atoms with Crippen LogP contribution in [0.25, 0.3) is 0 Å². The highest BCUT2D eigenvalue weighted by atomic mass is 16.7. The molecular weight excluding hydrogens is 578 g/mol. The van der Waals surface area contributed by atoms with Gasteiger partial charge in [-0.1, -0.05) is 45.3 Å². The number of unbranched alkanes of at least 4 members (excludes halogenated alkanes) is 2. The summed E-state index contributed by atoms with van der Waals surface area (Å²) in [7, 11) is 1.27. The van der Waals surface area contributed by atoms with Crippen molar-refractivity contribution in [2.24, 2.45) is 17.8 Å². The lowest BCUT2D eigenvalue weighted by Crippen LogP contribution is -2.31. The molecule has 7 atom stereocenters. The fraction of sp³-hybridized carbons (Fsp3) is 0.829. The number of carbonyl (C=O) groups excluding carboxylic acids is 4. The first kappa shape index (κ1) is 37.3. The van der Waals surface area contributed by atoms with E-state index in [0.717, 1.165) is 57.8 Å². The molecule has 1 N–H and O–H groups in total. The van der Waals surface area contributed by atoms with Gasteiger partial charge in [0.2, 0.25) is 5.91 Å². The maximum atomic E-state index is 13.4. The highest BCUT2D eigenvalue weighted by molar-refractivity contribution is 5.90. The van der Waals surface area contributed by atoms with Gasteiger partial charge in [0.25, 0.3) is 0 Å². The van der Waals surface area contributed by atoms with E-state index in [1.807, 2.05) is 0 Å². The van der Waals surface area contributed by atoms with E-state index in [4.69, 9.17) is 18.9 Å². The van der Waals surface area contributed by atoms with Gasteiger partial charge in [-0.25, -0.2) is 0 Å². The zero-order chi connectivity index (χ0) is 32.4. The largest absolute Gasteiger partial charge is 0.468 e. The van der Waals surface area contributed by atoms with E-state index in [-0.39, 0.29) is 74.0 Å². The molecule has 2 unspecified atom stereocenters. The quantitative estimate of drug-likeness (QED) is 0.103.